The molecule has 1 saturated carbocycles. The van der Waals surface area contributed by atoms with E-state index in [0.717, 1.165) is 43.6 Å². The fraction of sp³-hybridized carbons (Fsp3) is 0.474. The molecular weight excluding hydrogens is 317 g/mol. The Morgan fingerprint density at radius 2 is 1.60 bits per heavy atom. The second kappa shape index (κ2) is 7.25. The van der Waals surface area contributed by atoms with Crippen molar-refractivity contribution >= 4 is 17.5 Å². The summed E-state index contributed by atoms with van der Waals surface area (Å²) in [6.07, 6.45) is 6.85. The van der Waals surface area contributed by atoms with E-state index < -0.39 is 0 Å². The van der Waals surface area contributed by atoms with Crippen LogP contribution in [0.4, 0.5) is 21.8 Å². The fourth-order valence-corrected chi connectivity index (χ4v) is 3.69. The second-order valence-electron chi connectivity index (χ2n) is 6.81. The highest BCUT2D eigenvalue weighted by Crippen LogP contribution is 2.23. The smallest absolute Gasteiger partial charge is 0.224 e. The molecule has 2 aliphatic rings. The zero-order chi connectivity index (χ0) is 17.1. The van der Waals surface area contributed by atoms with Crippen LogP contribution in [-0.4, -0.2) is 42.2 Å². The average molecular weight is 341 g/mol. The molecule has 6 heteroatoms. The van der Waals surface area contributed by atoms with Gasteiger partial charge < -0.3 is 15.1 Å². The molecule has 0 spiro atoms. The van der Waals surface area contributed by atoms with E-state index in [0.29, 0.717) is 6.04 Å². The normalized spacial score (nSPS) is 18.6. The van der Waals surface area contributed by atoms with E-state index in [1.807, 2.05) is 24.4 Å². The molecule has 132 valence electrons. The highest BCUT2D eigenvalue weighted by atomic mass is 19.1. The maximum Gasteiger partial charge on any atom is 0.224 e. The van der Waals surface area contributed by atoms with Crippen molar-refractivity contribution in [3.8, 4) is 0 Å². The first-order chi connectivity index (χ1) is 12.3. The molecule has 0 amide bonds. The third-order valence-electron chi connectivity index (χ3n) is 5.12. The van der Waals surface area contributed by atoms with Crippen LogP contribution in [0.3, 0.4) is 0 Å². The van der Waals surface area contributed by atoms with Crippen LogP contribution in [0.2, 0.25) is 0 Å². The zero-order valence-corrected chi connectivity index (χ0v) is 14.4. The molecule has 2 heterocycles. The third kappa shape index (κ3) is 3.83. The molecule has 1 aliphatic carbocycles. The highest BCUT2D eigenvalue weighted by molar-refractivity contribution is 5.50. The number of hydrogen-bond acceptors (Lipinski definition) is 5. The number of piperazine rings is 1. The first kappa shape index (κ1) is 16.1. The van der Waals surface area contributed by atoms with E-state index in [4.69, 9.17) is 4.98 Å². The molecule has 0 radical (unpaired) electrons. The van der Waals surface area contributed by atoms with Gasteiger partial charge >= 0.3 is 0 Å². The number of nitrogens with zero attached hydrogens (tertiary/aromatic N) is 4. The van der Waals surface area contributed by atoms with Crippen LogP contribution < -0.4 is 15.1 Å². The molecular formula is C19H24FN5. The molecule has 0 atom stereocenters. The number of halogens is 1. The molecule has 25 heavy (non-hydrogen) atoms. The molecule has 1 aliphatic heterocycles. The zero-order valence-electron chi connectivity index (χ0n) is 14.4. The third-order valence-corrected chi connectivity index (χ3v) is 5.12. The number of benzene rings is 1. The first-order valence-electron chi connectivity index (χ1n) is 9.13. The fourth-order valence-electron chi connectivity index (χ4n) is 3.69. The maximum absolute atomic E-state index is 13.1. The van der Waals surface area contributed by atoms with Gasteiger partial charge in [-0.2, -0.15) is 4.98 Å². The molecule has 1 aromatic heterocycles. The summed E-state index contributed by atoms with van der Waals surface area (Å²) in [5.74, 6) is 1.53. The predicted octanol–water partition coefficient (Wildman–Crippen LogP) is 3.30. The lowest BCUT2D eigenvalue weighted by Gasteiger charge is -2.36. The monoisotopic (exact) mass is 341 g/mol. The lowest BCUT2D eigenvalue weighted by molar-refractivity contribution is 0.624. The Hall–Kier alpha value is -2.37. The molecule has 1 N–H and O–H groups in total. The van der Waals surface area contributed by atoms with E-state index in [1.54, 1.807) is 0 Å². The van der Waals surface area contributed by atoms with Crippen LogP contribution in [0, 0.1) is 5.82 Å². The summed E-state index contributed by atoms with van der Waals surface area (Å²) in [5, 5.41) is 3.47. The van der Waals surface area contributed by atoms with Crippen molar-refractivity contribution in [1.29, 1.82) is 0 Å². The summed E-state index contributed by atoms with van der Waals surface area (Å²) in [7, 11) is 0. The minimum Gasteiger partial charge on any atom is -0.368 e. The summed E-state index contributed by atoms with van der Waals surface area (Å²) < 4.78 is 13.1. The van der Waals surface area contributed by atoms with Crippen LogP contribution in [0.25, 0.3) is 0 Å². The Bertz CT molecular complexity index is 691. The lowest BCUT2D eigenvalue weighted by Crippen LogP contribution is -2.46. The number of rotatable bonds is 4. The molecule has 1 saturated heterocycles. The SMILES string of the molecule is Fc1ccc(N2CCN(c3ccnc(NC4CCCC4)n3)CC2)cc1. The van der Waals surface area contributed by atoms with Crippen molar-refractivity contribution in [1.82, 2.24) is 9.97 Å². The summed E-state index contributed by atoms with van der Waals surface area (Å²) in [6, 6.07) is 9.23. The van der Waals surface area contributed by atoms with Crippen molar-refractivity contribution in [2.45, 2.75) is 31.7 Å². The van der Waals surface area contributed by atoms with Gasteiger partial charge in [0.1, 0.15) is 11.6 Å². The summed E-state index contributed by atoms with van der Waals surface area (Å²) >= 11 is 0. The first-order valence-corrected chi connectivity index (χ1v) is 9.13. The molecule has 2 aromatic rings. The molecule has 1 aromatic carbocycles. The highest BCUT2D eigenvalue weighted by Gasteiger charge is 2.20. The van der Waals surface area contributed by atoms with Gasteiger partial charge in [0.15, 0.2) is 0 Å². The quantitative estimate of drug-likeness (QED) is 0.924. The van der Waals surface area contributed by atoms with E-state index >= 15 is 0 Å². The predicted molar refractivity (Wildman–Crippen MR) is 98.7 cm³/mol. The van der Waals surface area contributed by atoms with Crippen LogP contribution >= 0.6 is 0 Å². The molecule has 0 bridgehead atoms. The van der Waals surface area contributed by atoms with Crippen molar-refractivity contribution in [2.75, 3.05) is 41.3 Å². The Morgan fingerprint density at radius 1 is 0.920 bits per heavy atom. The van der Waals surface area contributed by atoms with Crippen LogP contribution in [0.1, 0.15) is 25.7 Å². The minimum absolute atomic E-state index is 0.189. The van der Waals surface area contributed by atoms with Gasteiger partial charge in [0, 0.05) is 44.1 Å². The van der Waals surface area contributed by atoms with Crippen LogP contribution in [0.5, 0.6) is 0 Å². The topological polar surface area (TPSA) is 44.3 Å². The number of hydrogen-bond donors (Lipinski definition) is 1. The van der Waals surface area contributed by atoms with E-state index in [2.05, 4.69) is 20.1 Å². The van der Waals surface area contributed by atoms with Gasteiger partial charge in [-0.3, -0.25) is 0 Å². The van der Waals surface area contributed by atoms with Gasteiger partial charge in [-0.05, 0) is 43.2 Å². The Kier molecular flexibility index (Phi) is 4.68. The van der Waals surface area contributed by atoms with E-state index in [1.165, 1.54) is 37.8 Å². The van der Waals surface area contributed by atoms with Crippen molar-refractivity contribution < 1.29 is 4.39 Å². The van der Waals surface area contributed by atoms with Gasteiger partial charge in [-0.1, -0.05) is 12.8 Å². The van der Waals surface area contributed by atoms with Crippen molar-refractivity contribution in [2.24, 2.45) is 0 Å². The number of aromatic nitrogens is 2. The van der Waals surface area contributed by atoms with Gasteiger partial charge in [0.2, 0.25) is 5.95 Å². The average Bonchev–Trinajstić information content (AvgIpc) is 3.16. The van der Waals surface area contributed by atoms with Gasteiger partial charge in [0.25, 0.3) is 0 Å². The standard InChI is InChI=1S/C19H24FN5/c20-15-5-7-17(8-6-15)24-11-13-25(14-12-24)18-9-10-21-19(23-18)22-16-3-1-2-4-16/h5-10,16H,1-4,11-14H2,(H,21,22,23). The second-order valence-corrected chi connectivity index (χ2v) is 6.81. The van der Waals surface area contributed by atoms with Gasteiger partial charge in [0.05, 0.1) is 0 Å². The summed E-state index contributed by atoms with van der Waals surface area (Å²) in [4.78, 5) is 13.7. The summed E-state index contributed by atoms with van der Waals surface area (Å²) in [5.41, 5.74) is 1.08. The van der Waals surface area contributed by atoms with E-state index in [-0.39, 0.29) is 5.82 Å². The number of nitrogens with one attached hydrogen (secondary N) is 1. The molecule has 4 rings (SSSR count). The minimum atomic E-state index is -0.189. The Balaban J connectivity index is 1.37. The largest absolute Gasteiger partial charge is 0.368 e. The van der Waals surface area contributed by atoms with Crippen molar-refractivity contribution in [3.63, 3.8) is 0 Å². The molecule has 2 fully saturated rings. The van der Waals surface area contributed by atoms with E-state index in [9.17, 15) is 4.39 Å². The van der Waals surface area contributed by atoms with Crippen LogP contribution in [0.15, 0.2) is 36.5 Å². The van der Waals surface area contributed by atoms with Crippen molar-refractivity contribution in [3.05, 3.63) is 42.3 Å². The Labute approximate surface area is 147 Å². The Morgan fingerprint density at radius 3 is 2.32 bits per heavy atom. The van der Waals surface area contributed by atoms with Gasteiger partial charge in [-0.25, -0.2) is 9.37 Å². The lowest BCUT2D eigenvalue weighted by atomic mass is 10.2. The molecule has 0 unspecified atom stereocenters. The maximum atomic E-state index is 13.1. The van der Waals surface area contributed by atoms with Crippen LogP contribution in [-0.2, 0) is 0 Å². The number of anilines is 3. The van der Waals surface area contributed by atoms with Gasteiger partial charge in [-0.15, -0.1) is 0 Å². The molecule has 5 nitrogen and oxygen atoms in total. The summed E-state index contributed by atoms with van der Waals surface area (Å²) in [6.45, 7) is 3.61.